The summed E-state index contributed by atoms with van der Waals surface area (Å²) in [5.41, 5.74) is 0.998. The highest BCUT2D eigenvalue weighted by Gasteiger charge is 2.33. The van der Waals surface area contributed by atoms with Crippen LogP contribution in [0, 0.1) is 0 Å². The minimum Gasteiger partial charge on any atom is -0.468 e. The van der Waals surface area contributed by atoms with Gasteiger partial charge in [0.05, 0.1) is 13.4 Å². The number of hydrogen-bond acceptors (Lipinski definition) is 4. The number of nitrogens with zero attached hydrogens (tertiary/aromatic N) is 1. The van der Waals surface area contributed by atoms with Gasteiger partial charge < -0.3 is 15.0 Å². The smallest absolute Gasteiger partial charge is 0.323 e. The first-order valence-corrected chi connectivity index (χ1v) is 5.12. The van der Waals surface area contributed by atoms with Crippen molar-refractivity contribution in [3.05, 3.63) is 18.2 Å². The molecule has 2 N–H and O–H groups in total. The zero-order chi connectivity index (χ0) is 10.7. The van der Waals surface area contributed by atoms with Crippen molar-refractivity contribution in [2.24, 2.45) is 0 Å². The van der Waals surface area contributed by atoms with E-state index in [2.05, 4.69) is 15.3 Å². The van der Waals surface area contributed by atoms with Crippen LogP contribution in [0.1, 0.15) is 24.5 Å². The lowest BCUT2D eigenvalue weighted by Crippen LogP contribution is -2.46. The first kappa shape index (κ1) is 10.2. The summed E-state index contributed by atoms with van der Waals surface area (Å²) >= 11 is 0. The molecule has 0 spiro atoms. The van der Waals surface area contributed by atoms with Crippen LogP contribution in [-0.4, -0.2) is 35.6 Å². The van der Waals surface area contributed by atoms with E-state index < -0.39 is 0 Å². The number of carbonyl (C=O) groups is 1. The number of ether oxygens (including phenoxy) is 1. The molecule has 0 bridgehead atoms. The Kier molecular flexibility index (Phi) is 3.01. The highest BCUT2D eigenvalue weighted by Crippen LogP contribution is 2.26. The molecule has 5 heteroatoms. The van der Waals surface area contributed by atoms with Crippen LogP contribution in [0.4, 0.5) is 0 Å². The van der Waals surface area contributed by atoms with Crippen LogP contribution in [0.25, 0.3) is 0 Å². The van der Waals surface area contributed by atoms with Gasteiger partial charge in [0.25, 0.3) is 0 Å². The fraction of sp³-hybridized carbons (Fsp3) is 0.600. The summed E-state index contributed by atoms with van der Waals surface area (Å²) in [6.07, 6.45) is 5.46. The highest BCUT2D eigenvalue weighted by molar-refractivity contribution is 5.77. The summed E-state index contributed by atoms with van der Waals surface area (Å²) in [6, 6.07) is -0.246. The Hall–Kier alpha value is -1.36. The van der Waals surface area contributed by atoms with E-state index in [0.717, 1.165) is 25.1 Å². The van der Waals surface area contributed by atoms with E-state index >= 15 is 0 Å². The Morgan fingerprint density at radius 3 is 3.20 bits per heavy atom. The SMILES string of the molecule is COC(=O)[C@@H]1NCCC[C@@H]1c1cnc[nH]1. The van der Waals surface area contributed by atoms with E-state index in [0.29, 0.717) is 0 Å². The minimum absolute atomic E-state index is 0.147. The van der Waals surface area contributed by atoms with E-state index in [1.54, 1.807) is 12.5 Å². The monoisotopic (exact) mass is 209 g/mol. The van der Waals surface area contributed by atoms with Gasteiger partial charge in [0.2, 0.25) is 0 Å². The second-order valence-corrected chi connectivity index (χ2v) is 3.71. The van der Waals surface area contributed by atoms with Crippen LogP contribution in [-0.2, 0) is 9.53 Å². The highest BCUT2D eigenvalue weighted by atomic mass is 16.5. The number of carbonyl (C=O) groups excluding carboxylic acids is 1. The molecule has 1 aromatic heterocycles. The van der Waals surface area contributed by atoms with Crippen LogP contribution < -0.4 is 5.32 Å². The van der Waals surface area contributed by atoms with Gasteiger partial charge in [0, 0.05) is 17.8 Å². The number of esters is 1. The quantitative estimate of drug-likeness (QED) is 0.693. The number of methoxy groups -OCH3 is 1. The third kappa shape index (κ3) is 2.02. The van der Waals surface area contributed by atoms with Crippen molar-refractivity contribution < 1.29 is 9.53 Å². The molecule has 0 saturated carbocycles. The largest absolute Gasteiger partial charge is 0.468 e. The van der Waals surface area contributed by atoms with Gasteiger partial charge >= 0.3 is 5.97 Å². The third-order valence-corrected chi connectivity index (χ3v) is 2.83. The molecule has 1 aliphatic heterocycles. The lowest BCUT2D eigenvalue weighted by molar-refractivity contribution is -0.144. The maximum atomic E-state index is 11.6. The molecule has 1 saturated heterocycles. The molecule has 2 rings (SSSR count). The second-order valence-electron chi connectivity index (χ2n) is 3.71. The molecule has 0 aromatic carbocycles. The molecule has 0 radical (unpaired) electrons. The average Bonchev–Trinajstić information content (AvgIpc) is 2.81. The summed E-state index contributed by atoms with van der Waals surface area (Å²) in [7, 11) is 1.42. The van der Waals surface area contributed by atoms with Gasteiger partial charge in [-0.2, -0.15) is 0 Å². The van der Waals surface area contributed by atoms with Gasteiger partial charge in [-0.25, -0.2) is 4.98 Å². The fourth-order valence-electron chi connectivity index (χ4n) is 2.07. The maximum absolute atomic E-state index is 11.6. The van der Waals surface area contributed by atoms with E-state index in [1.807, 2.05) is 0 Å². The van der Waals surface area contributed by atoms with Crippen molar-refractivity contribution in [2.75, 3.05) is 13.7 Å². The predicted molar refractivity (Wildman–Crippen MR) is 54.4 cm³/mol. The van der Waals surface area contributed by atoms with Gasteiger partial charge in [-0.1, -0.05) is 0 Å². The Morgan fingerprint density at radius 2 is 2.53 bits per heavy atom. The van der Waals surface area contributed by atoms with Crippen molar-refractivity contribution in [1.29, 1.82) is 0 Å². The van der Waals surface area contributed by atoms with Crippen LogP contribution in [0.5, 0.6) is 0 Å². The normalized spacial score (nSPS) is 26.2. The van der Waals surface area contributed by atoms with Gasteiger partial charge in [-0.15, -0.1) is 0 Å². The predicted octanol–water partition coefficient (Wildman–Crippen LogP) is 0.418. The molecule has 0 aliphatic carbocycles. The van der Waals surface area contributed by atoms with Crippen LogP contribution in [0.15, 0.2) is 12.5 Å². The summed E-state index contributed by atoms with van der Waals surface area (Å²) in [5.74, 6) is -0.0528. The molecular formula is C10H15N3O2. The first-order chi connectivity index (χ1) is 7.33. The molecule has 0 unspecified atom stereocenters. The number of aromatic amines is 1. The Bertz CT molecular complexity index is 323. The number of imidazole rings is 1. The Morgan fingerprint density at radius 1 is 1.67 bits per heavy atom. The van der Waals surface area contributed by atoms with Crippen molar-refractivity contribution in [3.8, 4) is 0 Å². The van der Waals surface area contributed by atoms with E-state index in [9.17, 15) is 4.79 Å². The summed E-state index contributed by atoms with van der Waals surface area (Å²) in [6.45, 7) is 0.865. The van der Waals surface area contributed by atoms with Crippen molar-refractivity contribution in [1.82, 2.24) is 15.3 Å². The van der Waals surface area contributed by atoms with E-state index in [1.165, 1.54) is 7.11 Å². The topological polar surface area (TPSA) is 67.0 Å². The van der Waals surface area contributed by atoms with Crippen LogP contribution in [0.3, 0.4) is 0 Å². The lowest BCUT2D eigenvalue weighted by Gasteiger charge is -2.29. The third-order valence-electron chi connectivity index (χ3n) is 2.83. The zero-order valence-electron chi connectivity index (χ0n) is 8.69. The molecular weight excluding hydrogens is 194 g/mol. The lowest BCUT2D eigenvalue weighted by atomic mass is 9.88. The standard InChI is InChI=1S/C10H15N3O2/c1-15-10(14)9-7(3-2-4-12-9)8-5-11-6-13-8/h5-7,9,12H,2-4H2,1H3,(H,11,13)/t7-,9-/m1/s1. The first-order valence-electron chi connectivity index (χ1n) is 5.12. The molecule has 1 aromatic rings. The number of nitrogens with one attached hydrogen (secondary N) is 2. The number of aromatic nitrogens is 2. The van der Waals surface area contributed by atoms with Crippen molar-refractivity contribution in [3.63, 3.8) is 0 Å². The van der Waals surface area contributed by atoms with Gasteiger partial charge in [-0.05, 0) is 19.4 Å². The van der Waals surface area contributed by atoms with Gasteiger partial charge in [0.1, 0.15) is 6.04 Å². The van der Waals surface area contributed by atoms with Crippen LogP contribution in [0.2, 0.25) is 0 Å². The number of rotatable bonds is 2. The summed E-state index contributed by atoms with van der Waals surface area (Å²) in [5, 5.41) is 3.19. The molecule has 0 amide bonds. The molecule has 5 nitrogen and oxygen atoms in total. The number of hydrogen-bond donors (Lipinski definition) is 2. The molecule has 2 heterocycles. The Balaban J connectivity index is 2.16. The van der Waals surface area contributed by atoms with Crippen LogP contribution >= 0.6 is 0 Å². The van der Waals surface area contributed by atoms with E-state index in [-0.39, 0.29) is 17.9 Å². The van der Waals surface area contributed by atoms with Gasteiger partial charge in [-0.3, -0.25) is 4.79 Å². The fourth-order valence-corrected chi connectivity index (χ4v) is 2.07. The minimum atomic E-state index is -0.246. The molecule has 1 aliphatic rings. The molecule has 1 fully saturated rings. The average molecular weight is 209 g/mol. The summed E-state index contributed by atoms with van der Waals surface area (Å²) in [4.78, 5) is 18.6. The second kappa shape index (κ2) is 4.44. The molecule has 15 heavy (non-hydrogen) atoms. The number of piperidine rings is 1. The van der Waals surface area contributed by atoms with E-state index in [4.69, 9.17) is 4.74 Å². The maximum Gasteiger partial charge on any atom is 0.323 e. The van der Waals surface area contributed by atoms with Gasteiger partial charge in [0.15, 0.2) is 0 Å². The number of H-pyrrole nitrogens is 1. The van der Waals surface area contributed by atoms with Crippen molar-refractivity contribution in [2.45, 2.75) is 24.8 Å². The molecule has 82 valence electrons. The zero-order valence-corrected chi connectivity index (χ0v) is 8.69. The Labute approximate surface area is 88.2 Å². The summed E-state index contributed by atoms with van der Waals surface area (Å²) < 4.78 is 4.78. The molecule has 2 atom stereocenters. The van der Waals surface area contributed by atoms with Crippen molar-refractivity contribution >= 4 is 5.97 Å².